The van der Waals surface area contributed by atoms with Crippen LogP contribution in [0.3, 0.4) is 0 Å². The molecule has 0 fully saturated rings. The number of aryl methyl sites for hydroxylation is 3. The molecule has 8 rings (SSSR count). The Balaban J connectivity index is 1.48. The van der Waals surface area contributed by atoms with Gasteiger partial charge in [-0.1, -0.05) is 102 Å². The topological polar surface area (TPSA) is 17.1 Å². The largest absolute Gasteiger partial charge is 0.416 e. The SMILES string of the molecule is Cc1cc(C)cc(P(=O)(c2cc(C)cc(C(F)(F)F)c2)c2ccc3c(c2)C2(c4ccccc4-c4ccccc42)c2ccccc2-3)c1. The van der Waals surface area contributed by atoms with Crippen molar-refractivity contribution in [3.8, 4) is 22.3 Å². The van der Waals surface area contributed by atoms with E-state index in [1.807, 2.05) is 56.3 Å². The summed E-state index contributed by atoms with van der Waals surface area (Å²) in [6.07, 6.45) is -4.57. The molecule has 46 heavy (non-hydrogen) atoms. The number of alkyl halides is 3. The van der Waals surface area contributed by atoms with Gasteiger partial charge in [0.2, 0.25) is 0 Å². The quantitative estimate of drug-likeness (QED) is 0.179. The van der Waals surface area contributed by atoms with Crippen LogP contribution in [0.1, 0.15) is 44.5 Å². The van der Waals surface area contributed by atoms with Gasteiger partial charge in [-0.15, -0.1) is 0 Å². The van der Waals surface area contributed by atoms with Gasteiger partial charge in [0, 0.05) is 15.9 Å². The lowest BCUT2D eigenvalue weighted by Crippen LogP contribution is -2.30. The normalized spacial score (nSPS) is 15.2. The second-order valence-electron chi connectivity index (χ2n) is 12.6. The van der Waals surface area contributed by atoms with Gasteiger partial charge in [-0.05, 0) is 107 Å². The Hall–Kier alpha value is -4.66. The van der Waals surface area contributed by atoms with Gasteiger partial charge in [0.05, 0.1) is 11.0 Å². The summed E-state index contributed by atoms with van der Waals surface area (Å²) < 4.78 is 58.5. The lowest BCUT2D eigenvalue weighted by molar-refractivity contribution is -0.137. The summed E-state index contributed by atoms with van der Waals surface area (Å²) in [7, 11) is -3.81. The van der Waals surface area contributed by atoms with E-state index in [1.54, 1.807) is 13.0 Å². The molecule has 1 unspecified atom stereocenters. The third kappa shape index (κ3) is 3.93. The maximum atomic E-state index is 16.0. The summed E-state index contributed by atoms with van der Waals surface area (Å²) in [5, 5.41) is 1.23. The van der Waals surface area contributed by atoms with E-state index in [-0.39, 0.29) is 5.30 Å². The molecule has 5 heteroatoms. The second-order valence-corrected chi connectivity index (χ2v) is 15.4. The minimum atomic E-state index is -4.57. The van der Waals surface area contributed by atoms with E-state index < -0.39 is 24.3 Å². The first-order valence-electron chi connectivity index (χ1n) is 15.4. The van der Waals surface area contributed by atoms with Crippen LogP contribution in [-0.4, -0.2) is 0 Å². The van der Waals surface area contributed by atoms with Crippen LogP contribution in [-0.2, 0) is 16.2 Å². The number of fused-ring (bicyclic) bond motifs is 10. The molecule has 2 aliphatic carbocycles. The third-order valence-electron chi connectivity index (χ3n) is 9.67. The van der Waals surface area contributed by atoms with Crippen molar-refractivity contribution < 1.29 is 17.7 Å². The number of benzene rings is 6. The molecule has 0 aliphatic heterocycles. The fourth-order valence-corrected chi connectivity index (χ4v) is 10.9. The second kappa shape index (κ2) is 9.92. The highest BCUT2D eigenvalue weighted by Crippen LogP contribution is 2.63. The van der Waals surface area contributed by atoms with Crippen molar-refractivity contribution in [2.75, 3.05) is 0 Å². The van der Waals surface area contributed by atoms with Crippen molar-refractivity contribution in [1.82, 2.24) is 0 Å². The third-order valence-corrected chi connectivity index (χ3v) is 12.6. The van der Waals surface area contributed by atoms with Crippen molar-refractivity contribution in [2.24, 2.45) is 0 Å². The molecule has 0 aromatic heterocycles. The Morgan fingerprint density at radius 3 is 1.41 bits per heavy atom. The minimum absolute atomic E-state index is 0.182. The van der Waals surface area contributed by atoms with Crippen LogP contribution in [0.15, 0.2) is 127 Å². The standard InChI is InChI=1S/C41H30F3OP/c1-25-18-26(2)21-30(20-25)46(45,31-22-27(3)19-28(23-31)41(42,43)44)29-16-17-35-34-12-6-9-15-38(34)40(39(35)24-29)36-13-7-4-10-32(36)33-11-5-8-14-37(33)40/h4-24H,1-3H3. The van der Waals surface area contributed by atoms with E-state index in [9.17, 15) is 13.2 Å². The highest BCUT2D eigenvalue weighted by molar-refractivity contribution is 7.85. The maximum absolute atomic E-state index is 16.0. The van der Waals surface area contributed by atoms with Crippen LogP contribution in [0.5, 0.6) is 0 Å². The molecule has 6 aromatic rings. The van der Waals surface area contributed by atoms with Crippen LogP contribution in [0.2, 0.25) is 0 Å². The molecule has 1 spiro atoms. The zero-order valence-electron chi connectivity index (χ0n) is 25.6. The highest BCUT2D eigenvalue weighted by atomic mass is 31.2. The Morgan fingerprint density at radius 2 is 0.913 bits per heavy atom. The van der Waals surface area contributed by atoms with Crippen LogP contribution in [0.25, 0.3) is 22.3 Å². The van der Waals surface area contributed by atoms with Crippen molar-refractivity contribution in [2.45, 2.75) is 32.4 Å². The number of hydrogen-bond donors (Lipinski definition) is 0. The molecule has 1 nitrogen and oxygen atoms in total. The first kappa shape index (κ1) is 28.8. The van der Waals surface area contributed by atoms with E-state index in [0.717, 1.165) is 67.8 Å². The van der Waals surface area contributed by atoms with Gasteiger partial charge in [-0.3, -0.25) is 0 Å². The lowest BCUT2D eigenvalue weighted by atomic mass is 9.70. The summed E-state index contributed by atoms with van der Waals surface area (Å²) in [6, 6.07) is 40.8. The van der Waals surface area contributed by atoms with Crippen molar-refractivity contribution in [3.05, 3.63) is 172 Å². The lowest BCUT2D eigenvalue weighted by Gasteiger charge is -2.31. The molecule has 1 atom stereocenters. The summed E-state index contributed by atoms with van der Waals surface area (Å²) in [5.74, 6) is 0. The molecule has 0 saturated heterocycles. The van der Waals surface area contributed by atoms with Crippen LogP contribution >= 0.6 is 7.14 Å². The van der Waals surface area contributed by atoms with Gasteiger partial charge in [0.1, 0.15) is 0 Å². The van der Waals surface area contributed by atoms with E-state index in [0.29, 0.717) is 16.2 Å². The van der Waals surface area contributed by atoms with Crippen molar-refractivity contribution in [1.29, 1.82) is 0 Å². The summed E-state index contributed by atoms with van der Waals surface area (Å²) >= 11 is 0. The average molecular weight is 627 g/mol. The monoisotopic (exact) mass is 626 g/mol. The van der Waals surface area contributed by atoms with Crippen molar-refractivity contribution in [3.63, 3.8) is 0 Å². The molecule has 226 valence electrons. The van der Waals surface area contributed by atoms with Gasteiger partial charge in [0.15, 0.2) is 7.14 Å². The molecule has 0 radical (unpaired) electrons. The molecule has 0 saturated carbocycles. The van der Waals surface area contributed by atoms with Gasteiger partial charge in [-0.2, -0.15) is 13.2 Å². The van der Waals surface area contributed by atoms with Crippen LogP contribution < -0.4 is 15.9 Å². The highest BCUT2D eigenvalue weighted by Gasteiger charge is 2.52. The number of rotatable bonds is 3. The number of hydrogen-bond acceptors (Lipinski definition) is 1. The predicted octanol–water partition coefficient (Wildman–Crippen LogP) is 9.61. The molecule has 2 aliphatic rings. The van der Waals surface area contributed by atoms with Crippen LogP contribution in [0.4, 0.5) is 13.2 Å². The molecule has 0 heterocycles. The summed E-state index contributed by atoms with van der Waals surface area (Å²) in [4.78, 5) is 0. The average Bonchev–Trinajstić information content (AvgIpc) is 3.50. The Kier molecular flexibility index (Phi) is 6.21. The number of halogens is 3. The first-order valence-corrected chi connectivity index (χ1v) is 17.1. The smallest absolute Gasteiger partial charge is 0.309 e. The fourth-order valence-electron chi connectivity index (χ4n) is 7.97. The molecular formula is C41H30F3OP. The molecule has 0 bridgehead atoms. The zero-order chi connectivity index (χ0) is 32.0. The predicted molar refractivity (Wildman–Crippen MR) is 181 cm³/mol. The van der Waals surface area contributed by atoms with Gasteiger partial charge < -0.3 is 4.57 Å². The summed E-state index contributed by atoms with van der Waals surface area (Å²) in [5.41, 5.74) is 9.66. The van der Waals surface area contributed by atoms with Gasteiger partial charge >= 0.3 is 6.18 Å². The van der Waals surface area contributed by atoms with E-state index in [2.05, 4.69) is 66.7 Å². The van der Waals surface area contributed by atoms with Gasteiger partial charge in [0.25, 0.3) is 0 Å². The molecule has 6 aromatic carbocycles. The Labute approximate surface area is 266 Å². The fraction of sp³-hybridized carbons (Fsp3) is 0.122. The maximum Gasteiger partial charge on any atom is 0.416 e. The van der Waals surface area contributed by atoms with Gasteiger partial charge in [-0.25, -0.2) is 0 Å². The minimum Gasteiger partial charge on any atom is -0.309 e. The Bertz CT molecular complexity index is 2200. The van der Waals surface area contributed by atoms with E-state index in [4.69, 9.17) is 0 Å². The van der Waals surface area contributed by atoms with Crippen LogP contribution in [0, 0.1) is 20.8 Å². The molecule has 0 N–H and O–H groups in total. The first-order chi connectivity index (χ1) is 22.0. The zero-order valence-corrected chi connectivity index (χ0v) is 26.5. The molecular weight excluding hydrogens is 596 g/mol. The van der Waals surface area contributed by atoms with E-state index >= 15 is 4.57 Å². The summed E-state index contributed by atoms with van der Waals surface area (Å²) in [6.45, 7) is 5.49. The van der Waals surface area contributed by atoms with E-state index in [1.165, 1.54) is 0 Å². The molecule has 0 amide bonds. The van der Waals surface area contributed by atoms with Crippen molar-refractivity contribution >= 4 is 23.1 Å². The Morgan fingerprint density at radius 1 is 0.478 bits per heavy atom.